The Morgan fingerprint density at radius 2 is 2.17 bits per heavy atom. The van der Waals surface area contributed by atoms with Crippen LogP contribution in [-0.4, -0.2) is 49.5 Å². The number of hydrogen-bond donors (Lipinski definition) is 1. The summed E-state index contributed by atoms with van der Waals surface area (Å²) in [5.41, 5.74) is -0.285. The predicted octanol–water partition coefficient (Wildman–Crippen LogP) is 1.07. The molecule has 7 nitrogen and oxygen atoms in total. The molecule has 0 radical (unpaired) electrons. The lowest BCUT2D eigenvalue weighted by Crippen LogP contribution is -2.39. The van der Waals surface area contributed by atoms with E-state index in [9.17, 15) is 14.7 Å². The Hall–Kier alpha value is -2.54. The number of ether oxygens (including phenoxy) is 3. The van der Waals surface area contributed by atoms with Crippen molar-refractivity contribution in [1.82, 2.24) is 0 Å². The molecule has 126 valence electrons. The number of aliphatic carboxylic acids is 1. The number of carbonyl (C=O) groups is 2. The SMILES string of the molecule is COc1ccc(N2C[C@@]34C=C[C@@H](O3)C(C(=O)O)C4C2=O)c(OC)c1. The zero-order valence-corrected chi connectivity index (χ0v) is 13.3. The molecule has 4 atom stereocenters. The maximum absolute atomic E-state index is 13.0. The number of anilines is 1. The third-order valence-corrected chi connectivity index (χ3v) is 5.06. The standard InChI is InChI=1S/C17H17NO6/c1-22-9-3-4-10(12(7-9)23-2)18-8-17-6-5-11(24-17)13(16(20)21)14(17)15(18)19/h3-7,11,13-14H,8H2,1-2H3,(H,20,21)/t11-,13?,14?,17-/m1/s1. The van der Waals surface area contributed by atoms with Crippen molar-refractivity contribution in [2.75, 3.05) is 25.7 Å². The van der Waals surface area contributed by atoms with E-state index in [4.69, 9.17) is 14.2 Å². The van der Waals surface area contributed by atoms with Gasteiger partial charge in [0.1, 0.15) is 23.0 Å². The van der Waals surface area contributed by atoms with Crippen molar-refractivity contribution in [3.8, 4) is 11.5 Å². The first-order valence-electron chi connectivity index (χ1n) is 7.64. The van der Waals surface area contributed by atoms with Gasteiger partial charge < -0.3 is 24.2 Å². The minimum absolute atomic E-state index is 0.252. The molecule has 1 amide bonds. The number of rotatable bonds is 4. The van der Waals surface area contributed by atoms with Crippen LogP contribution < -0.4 is 14.4 Å². The minimum atomic E-state index is -1.01. The Bertz CT molecular complexity index is 759. The Morgan fingerprint density at radius 3 is 2.83 bits per heavy atom. The van der Waals surface area contributed by atoms with Crippen molar-refractivity contribution in [3.63, 3.8) is 0 Å². The highest BCUT2D eigenvalue weighted by Gasteiger charge is 2.67. The van der Waals surface area contributed by atoms with Gasteiger partial charge in [0, 0.05) is 6.07 Å². The zero-order chi connectivity index (χ0) is 17.1. The Morgan fingerprint density at radius 1 is 1.38 bits per heavy atom. The molecular formula is C17H17NO6. The summed E-state index contributed by atoms with van der Waals surface area (Å²) in [5, 5.41) is 9.50. The molecule has 0 saturated carbocycles. The quantitative estimate of drug-likeness (QED) is 0.831. The van der Waals surface area contributed by atoms with E-state index in [0.29, 0.717) is 17.2 Å². The highest BCUT2D eigenvalue weighted by molar-refractivity contribution is 6.03. The van der Waals surface area contributed by atoms with E-state index >= 15 is 0 Å². The monoisotopic (exact) mass is 331 g/mol. The molecule has 1 aromatic rings. The highest BCUT2D eigenvalue weighted by Crippen LogP contribution is 2.53. The summed E-state index contributed by atoms with van der Waals surface area (Å²) in [4.78, 5) is 26.1. The number of benzene rings is 1. The molecule has 3 aliphatic heterocycles. The molecule has 4 rings (SSSR count). The minimum Gasteiger partial charge on any atom is -0.497 e. The van der Waals surface area contributed by atoms with Gasteiger partial charge in [-0.25, -0.2) is 0 Å². The maximum atomic E-state index is 13.0. The highest BCUT2D eigenvalue weighted by atomic mass is 16.5. The number of amides is 1. The van der Waals surface area contributed by atoms with Gasteiger partial charge in [-0.2, -0.15) is 0 Å². The number of methoxy groups -OCH3 is 2. The summed E-state index contributed by atoms with van der Waals surface area (Å²) >= 11 is 0. The fraction of sp³-hybridized carbons (Fsp3) is 0.412. The number of nitrogens with zero attached hydrogens (tertiary/aromatic N) is 1. The number of carboxylic acid groups (broad SMARTS) is 1. The lowest BCUT2D eigenvalue weighted by Gasteiger charge is -2.23. The average Bonchev–Trinajstić information content (AvgIpc) is 3.22. The second-order valence-corrected chi connectivity index (χ2v) is 6.20. The summed E-state index contributed by atoms with van der Waals surface area (Å²) in [6.45, 7) is 0.274. The molecule has 1 spiro atoms. The topological polar surface area (TPSA) is 85.3 Å². The number of carboxylic acids is 1. The molecule has 24 heavy (non-hydrogen) atoms. The van der Waals surface area contributed by atoms with Crippen molar-refractivity contribution < 1.29 is 28.9 Å². The second kappa shape index (κ2) is 4.98. The van der Waals surface area contributed by atoms with Gasteiger partial charge in [-0.1, -0.05) is 12.2 Å². The summed E-state index contributed by atoms with van der Waals surface area (Å²) in [7, 11) is 3.06. The normalized spacial score (nSPS) is 33.0. The van der Waals surface area contributed by atoms with Crippen LogP contribution in [0.4, 0.5) is 5.69 Å². The Balaban J connectivity index is 1.74. The van der Waals surface area contributed by atoms with Crippen molar-refractivity contribution in [2.45, 2.75) is 11.7 Å². The largest absolute Gasteiger partial charge is 0.497 e. The van der Waals surface area contributed by atoms with Crippen LogP contribution in [0.15, 0.2) is 30.4 Å². The molecule has 1 aromatic carbocycles. The summed E-state index contributed by atoms with van der Waals surface area (Å²) in [6, 6.07) is 5.16. The number of hydrogen-bond acceptors (Lipinski definition) is 5. The molecule has 1 N–H and O–H groups in total. The number of fused-ring (bicyclic) bond motifs is 1. The lowest BCUT2D eigenvalue weighted by molar-refractivity contribution is -0.146. The van der Waals surface area contributed by atoms with Crippen molar-refractivity contribution >= 4 is 17.6 Å². The van der Waals surface area contributed by atoms with Crippen LogP contribution in [0.2, 0.25) is 0 Å². The van der Waals surface area contributed by atoms with Crippen LogP contribution >= 0.6 is 0 Å². The van der Waals surface area contributed by atoms with Crippen molar-refractivity contribution in [2.24, 2.45) is 11.8 Å². The van der Waals surface area contributed by atoms with Crippen LogP contribution in [0.1, 0.15) is 0 Å². The maximum Gasteiger partial charge on any atom is 0.310 e. The van der Waals surface area contributed by atoms with E-state index in [-0.39, 0.29) is 12.5 Å². The molecule has 2 unspecified atom stereocenters. The Labute approximate surface area is 138 Å². The van der Waals surface area contributed by atoms with Gasteiger partial charge in [-0.15, -0.1) is 0 Å². The van der Waals surface area contributed by atoms with Gasteiger partial charge in [0.25, 0.3) is 0 Å². The molecule has 0 aliphatic carbocycles. The molecule has 2 saturated heterocycles. The van der Waals surface area contributed by atoms with Crippen molar-refractivity contribution in [3.05, 3.63) is 30.4 Å². The average molecular weight is 331 g/mol. The summed E-state index contributed by atoms with van der Waals surface area (Å²) in [6.07, 6.45) is 3.05. The van der Waals surface area contributed by atoms with Crippen LogP contribution in [0, 0.1) is 11.8 Å². The molecule has 7 heteroatoms. The Kier molecular flexibility index (Phi) is 3.11. The van der Waals surface area contributed by atoms with Gasteiger partial charge in [0.15, 0.2) is 0 Å². The second-order valence-electron chi connectivity index (χ2n) is 6.20. The summed E-state index contributed by atoms with van der Waals surface area (Å²) < 4.78 is 16.4. The van der Waals surface area contributed by atoms with Crippen LogP contribution in [0.3, 0.4) is 0 Å². The van der Waals surface area contributed by atoms with E-state index in [2.05, 4.69) is 0 Å². The zero-order valence-electron chi connectivity index (χ0n) is 13.3. The summed E-state index contributed by atoms with van der Waals surface area (Å²) in [5.74, 6) is -1.72. The molecule has 3 aliphatic rings. The first-order chi connectivity index (χ1) is 11.5. The van der Waals surface area contributed by atoms with Crippen LogP contribution in [0.25, 0.3) is 0 Å². The van der Waals surface area contributed by atoms with Crippen LogP contribution in [0.5, 0.6) is 11.5 Å². The van der Waals surface area contributed by atoms with E-state index in [0.717, 1.165) is 0 Å². The van der Waals surface area contributed by atoms with Gasteiger partial charge in [-0.3, -0.25) is 9.59 Å². The van der Waals surface area contributed by atoms with Gasteiger partial charge >= 0.3 is 5.97 Å². The van der Waals surface area contributed by atoms with E-state index in [1.807, 2.05) is 6.08 Å². The molecular weight excluding hydrogens is 314 g/mol. The molecule has 0 aromatic heterocycles. The van der Waals surface area contributed by atoms with Crippen LogP contribution in [-0.2, 0) is 14.3 Å². The van der Waals surface area contributed by atoms with E-state index in [1.54, 1.807) is 36.3 Å². The van der Waals surface area contributed by atoms with Gasteiger partial charge in [0.2, 0.25) is 5.91 Å². The molecule has 3 heterocycles. The van der Waals surface area contributed by atoms with Gasteiger partial charge in [-0.05, 0) is 12.1 Å². The van der Waals surface area contributed by atoms with Crippen molar-refractivity contribution in [1.29, 1.82) is 0 Å². The van der Waals surface area contributed by atoms with E-state index < -0.39 is 29.5 Å². The lowest BCUT2D eigenvalue weighted by atomic mass is 9.77. The fourth-order valence-electron chi connectivity index (χ4n) is 3.99. The first-order valence-corrected chi connectivity index (χ1v) is 7.64. The fourth-order valence-corrected chi connectivity index (χ4v) is 3.99. The third kappa shape index (κ3) is 1.81. The first kappa shape index (κ1) is 15.0. The van der Waals surface area contributed by atoms with E-state index in [1.165, 1.54) is 7.11 Å². The predicted molar refractivity (Wildman–Crippen MR) is 83.3 cm³/mol. The molecule has 2 fully saturated rings. The smallest absolute Gasteiger partial charge is 0.310 e. The van der Waals surface area contributed by atoms with Gasteiger partial charge in [0.05, 0.1) is 38.5 Å². The number of carbonyl (C=O) groups excluding carboxylic acids is 1. The molecule has 2 bridgehead atoms. The third-order valence-electron chi connectivity index (χ3n) is 5.06.